The molecule has 2 aromatic rings. The van der Waals surface area contributed by atoms with Gasteiger partial charge in [-0.1, -0.05) is 0 Å². The summed E-state index contributed by atoms with van der Waals surface area (Å²) in [7, 11) is -2.13. The van der Waals surface area contributed by atoms with E-state index in [1.54, 1.807) is 13.0 Å². The molecule has 0 aliphatic carbocycles. The quantitative estimate of drug-likeness (QED) is 0.543. The molecule has 3 rings (SSSR count). The maximum atomic E-state index is 12.6. The van der Waals surface area contributed by atoms with Gasteiger partial charge >= 0.3 is 5.97 Å². The highest BCUT2D eigenvalue weighted by Gasteiger charge is 2.26. The molecule has 1 heterocycles. The van der Waals surface area contributed by atoms with E-state index in [9.17, 15) is 18.0 Å². The average Bonchev–Trinajstić information content (AvgIpc) is 2.83. The predicted molar refractivity (Wildman–Crippen MR) is 119 cm³/mol. The van der Waals surface area contributed by atoms with Crippen LogP contribution in [0.5, 0.6) is 11.5 Å². The Bertz CT molecular complexity index is 1080. The molecule has 33 heavy (non-hydrogen) atoms. The fourth-order valence-corrected chi connectivity index (χ4v) is 4.54. The van der Waals surface area contributed by atoms with Crippen LogP contribution in [0.1, 0.15) is 17.3 Å². The van der Waals surface area contributed by atoms with Gasteiger partial charge in [0.1, 0.15) is 0 Å². The zero-order valence-corrected chi connectivity index (χ0v) is 19.2. The number of carbonyl (C=O) groups excluding carboxylic acids is 2. The van der Waals surface area contributed by atoms with Crippen molar-refractivity contribution >= 4 is 27.6 Å². The lowest BCUT2D eigenvalue weighted by molar-refractivity contribution is -0.119. The van der Waals surface area contributed by atoms with Gasteiger partial charge in [-0.3, -0.25) is 4.79 Å². The van der Waals surface area contributed by atoms with Crippen LogP contribution in [0.3, 0.4) is 0 Å². The number of anilines is 1. The van der Waals surface area contributed by atoms with Gasteiger partial charge in [-0.2, -0.15) is 4.31 Å². The number of nitrogens with one attached hydrogen (secondary N) is 1. The fraction of sp³-hybridized carbons (Fsp3) is 0.364. The monoisotopic (exact) mass is 478 g/mol. The maximum absolute atomic E-state index is 12.6. The summed E-state index contributed by atoms with van der Waals surface area (Å²) in [6, 6.07) is 10.4. The Morgan fingerprint density at radius 2 is 1.76 bits per heavy atom. The third kappa shape index (κ3) is 6.21. The Morgan fingerprint density at radius 1 is 1.06 bits per heavy atom. The molecule has 178 valence electrons. The Balaban J connectivity index is 1.55. The number of rotatable bonds is 9. The molecule has 1 saturated heterocycles. The molecule has 0 bridgehead atoms. The van der Waals surface area contributed by atoms with Crippen molar-refractivity contribution in [3.63, 3.8) is 0 Å². The summed E-state index contributed by atoms with van der Waals surface area (Å²) in [4.78, 5) is 24.6. The van der Waals surface area contributed by atoms with Gasteiger partial charge in [0.2, 0.25) is 10.0 Å². The lowest BCUT2D eigenvalue weighted by Gasteiger charge is -2.26. The van der Waals surface area contributed by atoms with E-state index in [0.717, 1.165) is 0 Å². The molecule has 0 unspecified atom stereocenters. The maximum Gasteiger partial charge on any atom is 0.338 e. The molecule has 0 spiro atoms. The van der Waals surface area contributed by atoms with Crippen LogP contribution >= 0.6 is 0 Å². The number of esters is 1. The fourth-order valence-electron chi connectivity index (χ4n) is 3.13. The van der Waals surface area contributed by atoms with Crippen molar-refractivity contribution in [2.45, 2.75) is 11.8 Å². The SMILES string of the molecule is CCOc1cc(C(=O)OCC(=O)Nc2ccc(S(=O)(=O)N3CCOCC3)cc2)ccc1OC. The number of amides is 1. The molecular formula is C22H26N2O8S. The number of hydrogen-bond donors (Lipinski definition) is 1. The van der Waals surface area contributed by atoms with Gasteiger partial charge in [-0.25, -0.2) is 13.2 Å². The summed E-state index contributed by atoms with van der Waals surface area (Å²) in [5.41, 5.74) is 0.588. The summed E-state index contributed by atoms with van der Waals surface area (Å²) in [5.74, 6) is -0.386. The van der Waals surface area contributed by atoms with E-state index < -0.39 is 28.5 Å². The highest BCUT2D eigenvalue weighted by molar-refractivity contribution is 7.89. The zero-order chi connectivity index (χ0) is 23.8. The third-order valence-corrected chi connectivity index (χ3v) is 6.69. The molecule has 0 radical (unpaired) electrons. The van der Waals surface area contributed by atoms with Crippen LogP contribution in [0.15, 0.2) is 47.4 Å². The van der Waals surface area contributed by atoms with Crippen molar-refractivity contribution in [3.05, 3.63) is 48.0 Å². The minimum absolute atomic E-state index is 0.124. The molecule has 2 aromatic carbocycles. The largest absolute Gasteiger partial charge is 0.493 e. The average molecular weight is 479 g/mol. The van der Waals surface area contributed by atoms with Crippen molar-refractivity contribution in [2.24, 2.45) is 0 Å². The highest BCUT2D eigenvalue weighted by atomic mass is 32.2. The van der Waals surface area contributed by atoms with E-state index in [1.165, 1.54) is 47.8 Å². The first-order valence-electron chi connectivity index (χ1n) is 10.3. The van der Waals surface area contributed by atoms with Crippen molar-refractivity contribution in [3.8, 4) is 11.5 Å². The molecule has 0 atom stereocenters. The van der Waals surface area contributed by atoms with Crippen LogP contribution in [-0.2, 0) is 24.3 Å². The van der Waals surface area contributed by atoms with Crippen molar-refractivity contribution in [1.82, 2.24) is 4.31 Å². The molecule has 10 nitrogen and oxygen atoms in total. The molecule has 1 amide bonds. The normalized spacial score (nSPS) is 14.4. The van der Waals surface area contributed by atoms with Gasteiger partial charge in [0.05, 0.1) is 37.4 Å². The summed E-state index contributed by atoms with van der Waals surface area (Å²) < 4.78 is 47.5. The minimum Gasteiger partial charge on any atom is -0.493 e. The lowest BCUT2D eigenvalue weighted by atomic mass is 10.2. The Hall–Kier alpha value is -3.15. The second-order valence-electron chi connectivity index (χ2n) is 6.96. The van der Waals surface area contributed by atoms with Crippen molar-refractivity contribution in [1.29, 1.82) is 0 Å². The van der Waals surface area contributed by atoms with E-state index in [2.05, 4.69) is 5.32 Å². The van der Waals surface area contributed by atoms with E-state index in [1.807, 2.05) is 0 Å². The second kappa shape index (κ2) is 11.1. The van der Waals surface area contributed by atoms with Crippen molar-refractivity contribution in [2.75, 3.05) is 51.9 Å². The number of carbonyl (C=O) groups is 2. The highest BCUT2D eigenvalue weighted by Crippen LogP contribution is 2.28. The standard InChI is InChI=1S/C22H26N2O8S/c1-3-31-20-14-16(4-9-19(20)29-2)22(26)32-15-21(25)23-17-5-7-18(8-6-17)33(27,28)24-10-12-30-13-11-24/h4-9,14H,3,10-13,15H2,1-2H3,(H,23,25). The molecule has 0 saturated carbocycles. The first-order valence-corrected chi connectivity index (χ1v) is 11.7. The lowest BCUT2D eigenvalue weighted by Crippen LogP contribution is -2.40. The minimum atomic E-state index is -3.62. The van der Waals surface area contributed by atoms with E-state index in [-0.39, 0.29) is 10.5 Å². The molecule has 1 N–H and O–H groups in total. The topological polar surface area (TPSA) is 120 Å². The molecule has 11 heteroatoms. The molecular weight excluding hydrogens is 452 g/mol. The zero-order valence-electron chi connectivity index (χ0n) is 18.4. The second-order valence-corrected chi connectivity index (χ2v) is 8.90. The van der Waals surface area contributed by atoms with Gasteiger partial charge < -0.3 is 24.3 Å². The van der Waals surface area contributed by atoms with Gasteiger partial charge in [0, 0.05) is 18.8 Å². The smallest absolute Gasteiger partial charge is 0.338 e. The molecule has 1 aliphatic heterocycles. The summed E-state index contributed by atoms with van der Waals surface area (Å²) >= 11 is 0. The first-order chi connectivity index (χ1) is 15.8. The van der Waals surface area contributed by atoms with Crippen LogP contribution in [0, 0.1) is 0 Å². The number of sulfonamides is 1. The van der Waals surface area contributed by atoms with Crippen molar-refractivity contribution < 1.29 is 37.0 Å². The Morgan fingerprint density at radius 3 is 2.39 bits per heavy atom. The third-order valence-electron chi connectivity index (χ3n) is 4.78. The van der Waals surface area contributed by atoms with E-state index >= 15 is 0 Å². The van der Waals surface area contributed by atoms with Gasteiger partial charge in [0.25, 0.3) is 5.91 Å². The van der Waals surface area contributed by atoms with Crippen LogP contribution < -0.4 is 14.8 Å². The van der Waals surface area contributed by atoms with Crippen LogP contribution in [-0.4, -0.2) is 71.2 Å². The number of benzene rings is 2. The Kier molecular flexibility index (Phi) is 8.26. The van der Waals surface area contributed by atoms with Gasteiger partial charge in [0.15, 0.2) is 18.1 Å². The van der Waals surface area contributed by atoms with E-state index in [4.69, 9.17) is 18.9 Å². The summed E-state index contributed by atoms with van der Waals surface area (Å²) in [6.45, 7) is 3.00. The van der Waals surface area contributed by atoms with Gasteiger partial charge in [-0.05, 0) is 49.4 Å². The Labute approximate surface area is 192 Å². The summed E-state index contributed by atoms with van der Waals surface area (Å²) in [5, 5.41) is 2.57. The van der Waals surface area contributed by atoms with Crippen LogP contribution in [0.25, 0.3) is 0 Å². The molecule has 0 aromatic heterocycles. The summed E-state index contributed by atoms with van der Waals surface area (Å²) in [6.07, 6.45) is 0. The van der Waals surface area contributed by atoms with Crippen LogP contribution in [0.4, 0.5) is 5.69 Å². The van der Waals surface area contributed by atoms with Gasteiger partial charge in [-0.15, -0.1) is 0 Å². The van der Waals surface area contributed by atoms with E-state index in [0.29, 0.717) is 50.1 Å². The number of ether oxygens (including phenoxy) is 4. The number of methoxy groups -OCH3 is 1. The first kappa shape index (κ1) is 24.5. The molecule has 1 aliphatic rings. The number of morpholine rings is 1. The van der Waals surface area contributed by atoms with Crippen LogP contribution in [0.2, 0.25) is 0 Å². The molecule has 1 fully saturated rings. The number of nitrogens with zero attached hydrogens (tertiary/aromatic N) is 1. The number of hydrogen-bond acceptors (Lipinski definition) is 8. The predicted octanol–water partition coefficient (Wildman–Crippen LogP) is 1.91.